The first-order valence-corrected chi connectivity index (χ1v) is 8.15. The van der Waals surface area contributed by atoms with E-state index in [-0.39, 0.29) is 5.56 Å². The minimum Gasteiger partial charge on any atom is -0.384 e. The minimum atomic E-state index is -1.02. The van der Waals surface area contributed by atoms with Crippen LogP contribution >= 0.6 is 15.9 Å². The minimum absolute atomic E-state index is 0.278. The van der Waals surface area contributed by atoms with Gasteiger partial charge in [-0.1, -0.05) is 64.5 Å². The van der Waals surface area contributed by atoms with E-state index in [1.165, 1.54) is 6.07 Å². The summed E-state index contributed by atoms with van der Waals surface area (Å²) >= 11 is 3.44. The fourth-order valence-electron chi connectivity index (χ4n) is 2.74. The smallest absolute Gasteiger partial charge is 0.129 e. The lowest BCUT2D eigenvalue weighted by Crippen LogP contribution is -2.05. The second-order valence-electron chi connectivity index (χ2n) is 5.47. The van der Waals surface area contributed by atoms with Crippen LogP contribution in [0.5, 0.6) is 0 Å². The first-order valence-electron chi connectivity index (χ1n) is 7.36. The van der Waals surface area contributed by atoms with Crippen molar-refractivity contribution in [1.82, 2.24) is 0 Å². The van der Waals surface area contributed by atoms with Crippen LogP contribution in [-0.2, 0) is 0 Å². The molecule has 0 amide bonds. The van der Waals surface area contributed by atoms with Gasteiger partial charge in [-0.3, -0.25) is 0 Å². The van der Waals surface area contributed by atoms with E-state index in [4.69, 9.17) is 0 Å². The molecule has 23 heavy (non-hydrogen) atoms. The largest absolute Gasteiger partial charge is 0.384 e. The van der Waals surface area contributed by atoms with Gasteiger partial charge in [0.05, 0.1) is 0 Å². The van der Waals surface area contributed by atoms with Crippen molar-refractivity contribution < 1.29 is 9.50 Å². The number of rotatable bonds is 3. The van der Waals surface area contributed by atoms with E-state index in [1.54, 1.807) is 18.2 Å². The Morgan fingerprint density at radius 3 is 2.30 bits per heavy atom. The summed E-state index contributed by atoms with van der Waals surface area (Å²) in [5, 5.41) is 10.8. The van der Waals surface area contributed by atoms with Crippen molar-refractivity contribution in [2.75, 3.05) is 0 Å². The Bertz CT molecular complexity index is 845. The summed E-state index contributed by atoms with van der Waals surface area (Å²) in [6, 6.07) is 20.0. The van der Waals surface area contributed by atoms with E-state index >= 15 is 0 Å². The van der Waals surface area contributed by atoms with Gasteiger partial charge in [-0.15, -0.1) is 0 Å². The normalized spacial score (nSPS) is 12.2. The number of halogens is 2. The molecule has 0 saturated heterocycles. The number of hydrogen-bond acceptors (Lipinski definition) is 1. The molecule has 0 fully saturated rings. The van der Waals surface area contributed by atoms with Crippen LogP contribution in [0, 0.1) is 12.7 Å². The van der Waals surface area contributed by atoms with E-state index < -0.39 is 11.9 Å². The predicted molar refractivity (Wildman–Crippen MR) is 94.8 cm³/mol. The Labute approximate surface area is 143 Å². The molecule has 0 aliphatic carbocycles. The summed E-state index contributed by atoms with van der Waals surface area (Å²) in [6.45, 7) is 2.02. The van der Waals surface area contributed by atoms with Gasteiger partial charge in [0.15, 0.2) is 0 Å². The first kappa shape index (κ1) is 15.9. The van der Waals surface area contributed by atoms with Crippen LogP contribution in [0.15, 0.2) is 71.2 Å². The molecule has 1 atom stereocenters. The van der Waals surface area contributed by atoms with Crippen LogP contribution in [0.25, 0.3) is 11.1 Å². The fourth-order valence-corrected chi connectivity index (χ4v) is 3.12. The molecule has 3 heteroatoms. The Morgan fingerprint density at radius 1 is 0.870 bits per heavy atom. The molecule has 0 aliphatic rings. The maximum absolute atomic E-state index is 14.1. The molecule has 3 aromatic carbocycles. The topological polar surface area (TPSA) is 20.2 Å². The highest BCUT2D eigenvalue weighted by Crippen LogP contribution is 2.36. The Hall–Kier alpha value is -1.97. The van der Waals surface area contributed by atoms with Crippen molar-refractivity contribution in [3.63, 3.8) is 0 Å². The molecule has 0 radical (unpaired) electrons. The third-order valence-corrected chi connectivity index (χ3v) is 4.44. The summed E-state index contributed by atoms with van der Waals surface area (Å²) < 4.78 is 14.9. The van der Waals surface area contributed by atoms with Crippen LogP contribution < -0.4 is 0 Å². The molecule has 0 bridgehead atoms. The highest BCUT2D eigenvalue weighted by Gasteiger charge is 2.19. The summed E-state index contributed by atoms with van der Waals surface area (Å²) in [7, 11) is 0. The lowest BCUT2D eigenvalue weighted by molar-refractivity contribution is 0.215. The first-order chi connectivity index (χ1) is 11.1. The number of aliphatic hydroxyl groups excluding tert-OH is 1. The summed E-state index contributed by atoms with van der Waals surface area (Å²) in [6.07, 6.45) is -1.02. The molecule has 0 aromatic heterocycles. The number of benzene rings is 3. The van der Waals surface area contributed by atoms with Crippen LogP contribution in [0.2, 0.25) is 0 Å². The highest BCUT2D eigenvalue weighted by atomic mass is 79.9. The number of hydrogen-bond donors (Lipinski definition) is 1. The van der Waals surface area contributed by atoms with Crippen LogP contribution in [0.4, 0.5) is 4.39 Å². The van der Waals surface area contributed by atoms with Gasteiger partial charge in [0.2, 0.25) is 0 Å². The third kappa shape index (κ3) is 3.21. The molecule has 3 rings (SSSR count). The Kier molecular flexibility index (Phi) is 4.60. The lowest BCUT2D eigenvalue weighted by Gasteiger charge is -2.18. The van der Waals surface area contributed by atoms with Gasteiger partial charge in [0, 0.05) is 10.0 Å². The molecule has 0 spiro atoms. The molecule has 1 N–H and O–H groups in total. The molecule has 1 nitrogen and oxygen atoms in total. The van der Waals surface area contributed by atoms with Crippen molar-refractivity contribution >= 4 is 15.9 Å². The SMILES string of the molecule is Cc1ccccc1-c1ccc(Br)cc1C(O)c1ccccc1F. The number of aryl methyl sites for hydroxylation is 1. The van der Waals surface area contributed by atoms with Gasteiger partial charge in [-0.25, -0.2) is 4.39 Å². The molecule has 0 saturated carbocycles. The van der Waals surface area contributed by atoms with E-state index in [2.05, 4.69) is 15.9 Å². The standard InChI is InChI=1S/C20H16BrFO/c1-13-6-2-3-7-15(13)16-11-10-14(21)12-18(16)20(23)17-8-4-5-9-19(17)22/h2-12,20,23H,1H3. The van der Waals surface area contributed by atoms with Gasteiger partial charge in [0.1, 0.15) is 11.9 Å². The van der Waals surface area contributed by atoms with Crippen LogP contribution in [-0.4, -0.2) is 5.11 Å². The maximum atomic E-state index is 14.1. The predicted octanol–water partition coefficient (Wildman–Crippen LogP) is 5.65. The lowest BCUT2D eigenvalue weighted by atomic mass is 9.91. The maximum Gasteiger partial charge on any atom is 0.129 e. The van der Waals surface area contributed by atoms with Gasteiger partial charge in [-0.05, 0) is 47.4 Å². The second kappa shape index (κ2) is 6.65. The van der Waals surface area contributed by atoms with Gasteiger partial charge in [0.25, 0.3) is 0 Å². The van der Waals surface area contributed by atoms with Crippen LogP contribution in [0.1, 0.15) is 22.8 Å². The van der Waals surface area contributed by atoms with Crippen LogP contribution in [0.3, 0.4) is 0 Å². The quantitative estimate of drug-likeness (QED) is 0.631. The zero-order valence-electron chi connectivity index (χ0n) is 12.6. The molecule has 1 unspecified atom stereocenters. The van der Waals surface area contributed by atoms with Crippen molar-refractivity contribution in [3.05, 3.63) is 93.7 Å². The Balaban J connectivity index is 2.18. The summed E-state index contributed by atoms with van der Waals surface area (Å²) in [5.41, 5.74) is 4.00. The van der Waals surface area contributed by atoms with Crippen molar-refractivity contribution in [1.29, 1.82) is 0 Å². The van der Waals surface area contributed by atoms with Gasteiger partial charge in [-0.2, -0.15) is 0 Å². The highest BCUT2D eigenvalue weighted by molar-refractivity contribution is 9.10. The van der Waals surface area contributed by atoms with E-state index in [9.17, 15) is 9.50 Å². The average Bonchev–Trinajstić information content (AvgIpc) is 2.55. The molecule has 0 heterocycles. The van der Waals surface area contributed by atoms with Crippen molar-refractivity contribution in [3.8, 4) is 11.1 Å². The molecular formula is C20H16BrFO. The zero-order valence-corrected chi connectivity index (χ0v) is 14.2. The average molecular weight is 371 g/mol. The third-order valence-electron chi connectivity index (χ3n) is 3.94. The fraction of sp³-hybridized carbons (Fsp3) is 0.100. The van der Waals surface area contributed by atoms with Gasteiger partial charge < -0.3 is 5.11 Å². The van der Waals surface area contributed by atoms with E-state index in [1.807, 2.05) is 49.4 Å². The van der Waals surface area contributed by atoms with Gasteiger partial charge >= 0.3 is 0 Å². The Morgan fingerprint density at radius 2 is 1.57 bits per heavy atom. The molecule has 3 aromatic rings. The van der Waals surface area contributed by atoms with Crippen molar-refractivity contribution in [2.24, 2.45) is 0 Å². The number of aliphatic hydroxyl groups is 1. The molecule has 116 valence electrons. The molecular weight excluding hydrogens is 355 g/mol. The monoisotopic (exact) mass is 370 g/mol. The molecule has 0 aliphatic heterocycles. The van der Waals surface area contributed by atoms with E-state index in [0.29, 0.717) is 5.56 Å². The zero-order chi connectivity index (χ0) is 16.4. The summed E-state index contributed by atoms with van der Waals surface area (Å²) in [4.78, 5) is 0. The second-order valence-corrected chi connectivity index (χ2v) is 6.39. The summed E-state index contributed by atoms with van der Waals surface area (Å²) in [5.74, 6) is -0.407. The van der Waals surface area contributed by atoms with Crippen molar-refractivity contribution in [2.45, 2.75) is 13.0 Å². The van der Waals surface area contributed by atoms with E-state index in [0.717, 1.165) is 21.2 Å².